The maximum absolute atomic E-state index is 9.93. The van der Waals surface area contributed by atoms with Gasteiger partial charge in [0.2, 0.25) is 0 Å². The van der Waals surface area contributed by atoms with Gasteiger partial charge in [-0.15, -0.1) is 0 Å². The molecule has 0 atom stereocenters. The SMILES string of the molecule is O=[N+]([O-])c1csc(S)n1. The summed E-state index contributed by atoms with van der Waals surface area (Å²) in [7, 11) is 0. The standard InChI is InChI=1S/C3H2N2O2S2/c6-5(7)2-1-9-3(8)4-2/h1H,(H,4,8). The van der Waals surface area contributed by atoms with Crippen LogP contribution < -0.4 is 0 Å². The van der Waals surface area contributed by atoms with E-state index in [9.17, 15) is 10.1 Å². The molecule has 0 aromatic carbocycles. The molecule has 1 aromatic heterocycles. The van der Waals surface area contributed by atoms with E-state index in [1.165, 1.54) is 5.38 Å². The van der Waals surface area contributed by atoms with E-state index < -0.39 is 4.92 Å². The Morgan fingerprint density at radius 1 is 1.89 bits per heavy atom. The molecule has 0 aliphatic heterocycles. The van der Waals surface area contributed by atoms with Crippen LogP contribution in [0.4, 0.5) is 5.82 Å². The van der Waals surface area contributed by atoms with Gasteiger partial charge >= 0.3 is 5.82 Å². The number of thiol groups is 1. The molecule has 1 rings (SSSR count). The van der Waals surface area contributed by atoms with Crippen LogP contribution in [0.25, 0.3) is 0 Å². The molecule has 0 unspecified atom stereocenters. The van der Waals surface area contributed by atoms with Gasteiger partial charge in [0.1, 0.15) is 0 Å². The van der Waals surface area contributed by atoms with Crippen molar-refractivity contribution in [2.45, 2.75) is 4.34 Å². The summed E-state index contributed by atoms with van der Waals surface area (Å²) in [6, 6.07) is 0. The van der Waals surface area contributed by atoms with Gasteiger partial charge in [0.15, 0.2) is 0 Å². The number of nitro groups is 1. The number of rotatable bonds is 1. The summed E-state index contributed by atoms with van der Waals surface area (Å²) < 4.78 is 0.418. The number of aromatic nitrogens is 1. The third-order valence-corrected chi connectivity index (χ3v) is 1.71. The minimum Gasteiger partial charge on any atom is -0.358 e. The van der Waals surface area contributed by atoms with Crippen molar-refractivity contribution in [2.75, 3.05) is 0 Å². The normalized spacial score (nSPS) is 9.44. The summed E-state index contributed by atoms with van der Waals surface area (Å²) in [6.45, 7) is 0. The second kappa shape index (κ2) is 2.32. The Hall–Kier alpha value is -0.620. The van der Waals surface area contributed by atoms with Gasteiger partial charge in [-0.25, -0.2) is 0 Å². The van der Waals surface area contributed by atoms with Crippen LogP contribution in [0.15, 0.2) is 9.72 Å². The molecular formula is C3H2N2O2S2. The molecule has 4 nitrogen and oxygen atoms in total. The van der Waals surface area contributed by atoms with Crippen molar-refractivity contribution in [3.63, 3.8) is 0 Å². The van der Waals surface area contributed by atoms with E-state index >= 15 is 0 Å². The lowest BCUT2D eigenvalue weighted by Gasteiger charge is -1.81. The smallest absolute Gasteiger partial charge is 0.358 e. The predicted molar refractivity (Wildman–Crippen MR) is 36.0 cm³/mol. The van der Waals surface area contributed by atoms with E-state index in [0.717, 1.165) is 11.3 Å². The Labute approximate surface area is 60.1 Å². The summed E-state index contributed by atoms with van der Waals surface area (Å²) in [5.41, 5.74) is 0. The van der Waals surface area contributed by atoms with E-state index in [1.54, 1.807) is 0 Å². The van der Waals surface area contributed by atoms with Gasteiger partial charge in [-0.3, -0.25) is 0 Å². The molecule has 0 saturated carbocycles. The Bertz CT molecular complexity index is 233. The van der Waals surface area contributed by atoms with Crippen molar-refractivity contribution in [3.8, 4) is 0 Å². The number of hydrogen-bond acceptors (Lipinski definition) is 5. The summed E-state index contributed by atoms with van der Waals surface area (Å²) in [6.07, 6.45) is 0. The average molecular weight is 162 g/mol. The van der Waals surface area contributed by atoms with E-state index in [2.05, 4.69) is 17.6 Å². The summed E-state index contributed by atoms with van der Waals surface area (Å²) in [4.78, 5) is 12.9. The minimum atomic E-state index is -0.545. The highest BCUT2D eigenvalue weighted by molar-refractivity contribution is 7.82. The zero-order valence-corrected chi connectivity index (χ0v) is 5.85. The highest BCUT2D eigenvalue weighted by Crippen LogP contribution is 2.18. The van der Waals surface area contributed by atoms with Gasteiger partial charge in [0.05, 0.1) is 5.38 Å². The lowest BCUT2D eigenvalue weighted by Crippen LogP contribution is -1.85. The molecule has 0 aliphatic rings. The number of hydrogen-bond donors (Lipinski definition) is 1. The molecule has 9 heavy (non-hydrogen) atoms. The van der Waals surface area contributed by atoms with Gasteiger partial charge in [-0.05, 0) is 9.91 Å². The summed E-state index contributed by atoms with van der Waals surface area (Å²) in [5.74, 6) is -0.134. The van der Waals surface area contributed by atoms with Crippen molar-refractivity contribution in [3.05, 3.63) is 15.5 Å². The molecule has 0 N–H and O–H groups in total. The first-order valence-electron chi connectivity index (χ1n) is 1.99. The second-order valence-corrected chi connectivity index (χ2v) is 2.83. The van der Waals surface area contributed by atoms with Crippen LogP contribution in [0.2, 0.25) is 0 Å². The first-order chi connectivity index (χ1) is 4.20. The fourth-order valence-electron chi connectivity index (χ4n) is 0.340. The molecule has 0 amide bonds. The van der Waals surface area contributed by atoms with Crippen LogP contribution in [0.3, 0.4) is 0 Å². The highest BCUT2D eigenvalue weighted by Gasteiger charge is 2.09. The van der Waals surface area contributed by atoms with Gasteiger partial charge in [0, 0.05) is 0 Å². The van der Waals surface area contributed by atoms with Crippen LogP contribution in [-0.4, -0.2) is 9.91 Å². The minimum absolute atomic E-state index is 0.134. The molecule has 0 aliphatic carbocycles. The van der Waals surface area contributed by atoms with E-state index in [4.69, 9.17) is 0 Å². The number of nitrogens with zero attached hydrogens (tertiary/aromatic N) is 2. The number of thiazole rings is 1. The second-order valence-electron chi connectivity index (χ2n) is 1.25. The molecule has 6 heteroatoms. The van der Waals surface area contributed by atoms with Gasteiger partial charge in [-0.1, -0.05) is 24.0 Å². The Morgan fingerprint density at radius 3 is 2.78 bits per heavy atom. The van der Waals surface area contributed by atoms with E-state index in [0.29, 0.717) is 4.34 Å². The van der Waals surface area contributed by atoms with Crippen molar-refractivity contribution >= 4 is 29.8 Å². The summed E-state index contributed by atoms with van der Waals surface area (Å²) >= 11 is 4.95. The fraction of sp³-hybridized carbons (Fsp3) is 0. The molecule has 48 valence electrons. The molecule has 0 fully saturated rings. The van der Waals surface area contributed by atoms with Crippen LogP contribution in [0.5, 0.6) is 0 Å². The van der Waals surface area contributed by atoms with Gasteiger partial charge in [-0.2, -0.15) is 0 Å². The molecular weight excluding hydrogens is 160 g/mol. The highest BCUT2D eigenvalue weighted by atomic mass is 32.2. The molecule has 0 saturated heterocycles. The van der Waals surface area contributed by atoms with Crippen LogP contribution in [0.1, 0.15) is 0 Å². The topological polar surface area (TPSA) is 56.0 Å². The van der Waals surface area contributed by atoms with E-state index in [-0.39, 0.29) is 5.82 Å². The monoisotopic (exact) mass is 162 g/mol. The lowest BCUT2D eigenvalue weighted by atomic mass is 10.8. The zero-order chi connectivity index (χ0) is 6.85. The molecule has 0 radical (unpaired) electrons. The molecule has 1 aromatic rings. The largest absolute Gasteiger partial charge is 0.375 e. The first-order valence-corrected chi connectivity index (χ1v) is 3.31. The molecule has 0 spiro atoms. The zero-order valence-electron chi connectivity index (χ0n) is 4.14. The molecule has 1 heterocycles. The maximum Gasteiger partial charge on any atom is 0.375 e. The van der Waals surface area contributed by atoms with Crippen molar-refractivity contribution < 1.29 is 4.92 Å². The fourth-order valence-corrected chi connectivity index (χ4v) is 1.10. The predicted octanol–water partition coefficient (Wildman–Crippen LogP) is 1.34. The quantitative estimate of drug-likeness (QED) is 0.385. The summed E-state index contributed by atoms with van der Waals surface area (Å²) in [5, 5.41) is 11.3. The van der Waals surface area contributed by atoms with Crippen molar-refractivity contribution in [1.29, 1.82) is 0 Å². The average Bonchev–Trinajstić information content (AvgIpc) is 2.14. The van der Waals surface area contributed by atoms with Gasteiger partial charge in [0.25, 0.3) is 4.34 Å². The van der Waals surface area contributed by atoms with E-state index in [1.807, 2.05) is 0 Å². The molecule has 0 bridgehead atoms. The van der Waals surface area contributed by atoms with Crippen LogP contribution in [-0.2, 0) is 0 Å². The lowest BCUT2D eigenvalue weighted by molar-refractivity contribution is -0.389. The van der Waals surface area contributed by atoms with Crippen LogP contribution >= 0.6 is 24.0 Å². The third-order valence-electron chi connectivity index (χ3n) is 0.667. The van der Waals surface area contributed by atoms with Crippen molar-refractivity contribution in [2.24, 2.45) is 0 Å². The Morgan fingerprint density at radius 2 is 2.56 bits per heavy atom. The van der Waals surface area contributed by atoms with Gasteiger partial charge < -0.3 is 10.1 Å². The Kier molecular flexibility index (Phi) is 1.68. The first kappa shape index (κ1) is 6.50. The Balaban J connectivity index is 2.98. The maximum atomic E-state index is 9.93. The van der Waals surface area contributed by atoms with Crippen molar-refractivity contribution in [1.82, 2.24) is 4.98 Å². The van der Waals surface area contributed by atoms with Crippen LogP contribution in [0, 0.1) is 10.1 Å². The third kappa shape index (κ3) is 1.39.